The third-order valence-corrected chi connectivity index (χ3v) is 5.14. The summed E-state index contributed by atoms with van der Waals surface area (Å²) >= 11 is 1.43. The van der Waals surface area contributed by atoms with E-state index in [4.69, 9.17) is 4.74 Å². The van der Waals surface area contributed by atoms with Crippen LogP contribution < -0.4 is 10.1 Å². The second kappa shape index (κ2) is 8.47. The third-order valence-electron chi connectivity index (χ3n) is 4.13. The Bertz CT molecular complexity index is 866. The molecule has 0 unspecified atom stereocenters. The van der Waals surface area contributed by atoms with Crippen LogP contribution in [0.2, 0.25) is 0 Å². The molecular weight excluding hydrogens is 367 g/mol. The van der Waals surface area contributed by atoms with Crippen LogP contribution in [0.15, 0.2) is 54.0 Å². The van der Waals surface area contributed by atoms with Gasteiger partial charge in [0, 0.05) is 5.69 Å². The van der Waals surface area contributed by atoms with Crippen LogP contribution in [-0.4, -0.2) is 27.4 Å². The molecule has 0 aliphatic heterocycles. The van der Waals surface area contributed by atoms with Gasteiger partial charge in [0.05, 0.1) is 28.2 Å². The minimum absolute atomic E-state index is 0.317. The molecule has 7 heteroatoms. The molecule has 3 aromatic rings. The van der Waals surface area contributed by atoms with E-state index in [1.807, 2.05) is 19.1 Å². The first-order valence-corrected chi connectivity index (χ1v) is 9.38. The van der Waals surface area contributed by atoms with Crippen LogP contribution in [0.1, 0.15) is 23.5 Å². The van der Waals surface area contributed by atoms with Crippen LogP contribution in [0.25, 0.3) is 0 Å². The quantitative estimate of drug-likeness (QED) is 0.563. The number of nitrogens with one attached hydrogen (secondary N) is 1. The van der Waals surface area contributed by atoms with Crippen molar-refractivity contribution in [1.29, 1.82) is 0 Å². The molecule has 5 nitrogen and oxygen atoms in total. The minimum Gasteiger partial charge on any atom is -0.457 e. The Labute approximate surface area is 161 Å². The van der Waals surface area contributed by atoms with E-state index >= 15 is 0 Å². The smallest absolute Gasteiger partial charge is 0.127 e. The molecule has 142 valence electrons. The Kier molecular flexibility index (Phi) is 6.05. The second-order valence-electron chi connectivity index (χ2n) is 6.24. The van der Waals surface area contributed by atoms with Crippen LogP contribution >= 0.6 is 11.3 Å². The van der Waals surface area contributed by atoms with Crippen molar-refractivity contribution in [1.82, 2.24) is 4.98 Å². The molecule has 0 spiro atoms. The molecule has 0 fully saturated rings. The molecule has 1 aromatic heterocycles. The normalized spacial score (nSPS) is 14.4. The maximum absolute atomic E-state index is 13.0. The molecule has 0 bridgehead atoms. The van der Waals surface area contributed by atoms with E-state index in [1.54, 1.807) is 36.7 Å². The predicted molar refractivity (Wildman–Crippen MR) is 104 cm³/mol. The van der Waals surface area contributed by atoms with Crippen molar-refractivity contribution < 1.29 is 19.3 Å². The van der Waals surface area contributed by atoms with Gasteiger partial charge in [-0.15, -0.1) is 11.3 Å². The Morgan fingerprint density at radius 1 is 1.04 bits per heavy atom. The van der Waals surface area contributed by atoms with Gasteiger partial charge in [-0.2, -0.15) is 0 Å². The molecule has 3 atom stereocenters. The van der Waals surface area contributed by atoms with Crippen LogP contribution in [0.4, 0.5) is 10.1 Å². The second-order valence-corrected chi connectivity index (χ2v) is 7.12. The number of hydrogen-bond acceptors (Lipinski definition) is 6. The van der Waals surface area contributed by atoms with Gasteiger partial charge in [-0.25, -0.2) is 9.37 Å². The fourth-order valence-corrected chi connectivity index (χ4v) is 3.52. The number of halogens is 1. The SMILES string of the molecule is Cc1ncsc1[C@@H](Nc1ccc(Oc2ccc(F)cc2)cc1)[C@H](O)[C@H](C)O. The summed E-state index contributed by atoms with van der Waals surface area (Å²) in [5.74, 6) is 0.830. The van der Waals surface area contributed by atoms with Crippen molar-refractivity contribution in [2.24, 2.45) is 0 Å². The molecule has 0 aliphatic carbocycles. The van der Waals surface area contributed by atoms with E-state index in [0.29, 0.717) is 11.5 Å². The highest BCUT2D eigenvalue weighted by molar-refractivity contribution is 7.09. The fraction of sp³-hybridized carbons (Fsp3) is 0.250. The first-order chi connectivity index (χ1) is 12.9. The molecule has 1 heterocycles. The highest BCUT2D eigenvalue weighted by Gasteiger charge is 2.28. The maximum Gasteiger partial charge on any atom is 0.127 e. The topological polar surface area (TPSA) is 74.6 Å². The predicted octanol–water partition coefficient (Wildman–Crippen LogP) is 4.28. The number of thiazole rings is 1. The first-order valence-electron chi connectivity index (χ1n) is 8.50. The zero-order valence-electron chi connectivity index (χ0n) is 15.0. The van der Waals surface area contributed by atoms with Crippen LogP contribution in [0, 0.1) is 12.7 Å². The summed E-state index contributed by atoms with van der Waals surface area (Å²) in [6.45, 7) is 3.42. The van der Waals surface area contributed by atoms with Gasteiger partial charge in [0.1, 0.15) is 23.4 Å². The molecule has 0 amide bonds. The van der Waals surface area contributed by atoms with Crippen LogP contribution in [-0.2, 0) is 0 Å². The van der Waals surface area contributed by atoms with Gasteiger partial charge in [-0.3, -0.25) is 0 Å². The lowest BCUT2D eigenvalue weighted by Gasteiger charge is -2.26. The molecule has 3 N–H and O–H groups in total. The number of aliphatic hydroxyl groups is 2. The summed E-state index contributed by atoms with van der Waals surface area (Å²) in [6.07, 6.45) is -1.88. The number of anilines is 1. The van der Waals surface area contributed by atoms with Crippen molar-refractivity contribution in [2.75, 3.05) is 5.32 Å². The number of rotatable bonds is 7. The van der Waals surface area contributed by atoms with E-state index in [0.717, 1.165) is 16.3 Å². The number of aryl methyl sites for hydroxylation is 1. The van der Waals surface area contributed by atoms with Crippen molar-refractivity contribution in [3.63, 3.8) is 0 Å². The Hall–Kier alpha value is -2.48. The minimum atomic E-state index is -0.987. The molecule has 3 rings (SSSR count). The lowest BCUT2D eigenvalue weighted by atomic mass is 10.0. The Morgan fingerprint density at radius 3 is 2.15 bits per heavy atom. The van der Waals surface area contributed by atoms with Gasteiger partial charge in [0.2, 0.25) is 0 Å². The zero-order chi connectivity index (χ0) is 19.4. The highest BCUT2D eigenvalue weighted by Crippen LogP contribution is 2.31. The standard InChI is InChI=1S/C20H21FN2O3S/c1-12-20(27-11-22-12)18(19(25)13(2)24)23-15-5-9-17(10-6-15)26-16-7-3-14(21)4-8-16/h3-11,13,18-19,23-25H,1-2H3/t13-,18-,19+/m0/s1. The summed E-state index contributed by atoms with van der Waals surface area (Å²) in [6, 6.07) is 12.5. The van der Waals surface area contributed by atoms with E-state index in [2.05, 4.69) is 10.3 Å². The van der Waals surface area contributed by atoms with E-state index < -0.39 is 18.2 Å². The molecule has 27 heavy (non-hydrogen) atoms. The van der Waals surface area contributed by atoms with E-state index in [9.17, 15) is 14.6 Å². The van der Waals surface area contributed by atoms with Gasteiger partial charge in [0.25, 0.3) is 0 Å². The van der Waals surface area contributed by atoms with Crippen LogP contribution in [0.3, 0.4) is 0 Å². The first kappa shape index (κ1) is 19.3. The number of aliphatic hydroxyl groups excluding tert-OH is 2. The average Bonchev–Trinajstić information content (AvgIpc) is 3.08. The summed E-state index contributed by atoms with van der Waals surface area (Å²) in [4.78, 5) is 5.10. The van der Waals surface area contributed by atoms with Gasteiger partial charge < -0.3 is 20.3 Å². The van der Waals surface area contributed by atoms with Crippen molar-refractivity contribution in [2.45, 2.75) is 32.1 Å². The Morgan fingerprint density at radius 2 is 1.63 bits per heavy atom. The largest absolute Gasteiger partial charge is 0.457 e. The summed E-state index contributed by atoms with van der Waals surface area (Å²) in [5, 5.41) is 23.5. The van der Waals surface area contributed by atoms with Crippen LogP contribution in [0.5, 0.6) is 11.5 Å². The number of benzene rings is 2. The number of aromatic nitrogens is 1. The van der Waals surface area contributed by atoms with Gasteiger partial charge in [0.15, 0.2) is 0 Å². The summed E-state index contributed by atoms with van der Waals surface area (Å²) < 4.78 is 18.6. The summed E-state index contributed by atoms with van der Waals surface area (Å²) in [5.41, 5.74) is 3.29. The molecule has 0 aliphatic rings. The van der Waals surface area contributed by atoms with Gasteiger partial charge >= 0.3 is 0 Å². The molecule has 0 radical (unpaired) electrons. The number of ether oxygens (including phenoxy) is 1. The summed E-state index contributed by atoms with van der Waals surface area (Å²) in [7, 11) is 0. The van der Waals surface area contributed by atoms with E-state index in [-0.39, 0.29) is 5.82 Å². The van der Waals surface area contributed by atoms with Crippen molar-refractivity contribution >= 4 is 17.0 Å². The third kappa shape index (κ3) is 4.82. The maximum atomic E-state index is 13.0. The van der Waals surface area contributed by atoms with Crippen molar-refractivity contribution in [3.05, 3.63) is 70.4 Å². The zero-order valence-corrected chi connectivity index (χ0v) is 15.8. The molecule has 0 saturated carbocycles. The molecule has 0 saturated heterocycles. The monoisotopic (exact) mass is 388 g/mol. The lowest BCUT2D eigenvalue weighted by Crippen LogP contribution is -2.34. The average molecular weight is 388 g/mol. The highest BCUT2D eigenvalue weighted by atomic mass is 32.1. The molecular formula is C20H21FN2O3S. The van der Waals surface area contributed by atoms with Crippen molar-refractivity contribution in [3.8, 4) is 11.5 Å². The number of nitrogens with zero attached hydrogens (tertiary/aromatic N) is 1. The number of hydrogen-bond donors (Lipinski definition) is 3. The lowest BCUT2D eigenvalue weighted by molar-refractivity contribution is 0.0195. The van der Waals surface area contributed by atoms with E-state index in [1.165, 1.54) is 23.5 Å². The van der Waals surface area contributed by atoms with Gasteiger partial charge in [-0.1, -0.05) is 0 Å². The van der Waals surface area contributed by atoms with Gasteiger partial charge in [-0.05, 0) is 62.4 Å². The fourth-order valence-electron chi connectivity index (χ4n) is 2.63. The molecule has 2 aromatic carbocycles. The Balaban J connectivity index is 1.74.